The van der Waals surface area contributed by atoms with E-state index in [1.54, 1.807) is 14.2 Å². The Morgan fingerprint density at radius 3 is 1.46 bits per heavy atom. The fourth-order valence-electron chi connectivity index (χ4n) is 5.95. The SMILES string of the molecule is COc1ccc(CN)cc1OCCCN1CCN(C)CC1.COc1ccc(CN)cc1OCCCN1CCN(Cc2ccccc2)CC1. The summed E-state index contributed by atoms with van der Waals surface area (Å²) in [7, 11) is 5.50. The molecular formula is C38H58N6O4. The molecule has 2 saturated heterocycles. The van der Waals surface area contributed by atoms with Crippen LogP contribution < -0.4 is 30.4 Å². The number of nitrogens with two attached hydrogens (primary N) is 2. The fraction of sp³-hybridized carbons (Fsp3) is 0.526. The molecule has 0 amide bonds. The number of methoxy groups -OCH3 is 2. The second kappa shape index (κ2) is 20.9. The van der Waals surface area contributed by atoms with Crippen molar-refractivity contribution >= 4 is 0 Å². The van der Waals surface area contributed by atoms with Gasteiger partial charge in [0.2, 0.25) is 0 Å². The van der Waals surface area contributed by atoms with Crippen molar-refractivity contribution in [3.05, 3.63) is 83.4 Å². The lowest BCUT2D eigenvalue weighted by Gasteiger charge is -2.34. The lowest BCUT2D eigenvalue weighted by molar-refractivity contribution is 0.121. The van der Waals surface area contributed by atoms with E-state index in [9.17, 15) is 0 Å². The number of ether oxygens (including phenoxy) is 4. The summed E-state index contributed by atoms with van der Waals surface area (Å²) in [5.41, 5.74) is 14.9. The Labute approximate surface area is 288 Å². The van der Waals surface area contributed by atoms with E-state index in [0.29, 0.717) is 26.3 Å². The molecule has 4 N–H and O–H groups in total. The molecule has 2 aliphatic rings. The molecule has 3 aromatic rings. The van der Waals surface area contributed by atoms with Crippen LogP contribution in [0.5, 0.6) is 23.0 Å². The first-order valence-corrected chi connectivity index (χ1v) is 17.4. The van der Waals surface area contributed by atoms with Gasteiger partial charge >= 0.3 is 0 Å². The Morgan fingerprint density at radius 1 is 0.542 bits per heavy atom. The topological polar surface area (TPSA) is 102 Å². The van der Waals surface area contributed by atoms with Gasteiger partial charge in [0.15, 0.2) is 23.0 Å². The maximum absolute atomic E-state index is 5.94. The van der Waals surface area contributed by atoms with E-state index >= 15 is 0 Å². The van der Waals surface area contributed by atoms with E-state index in [1.165, 1.54) is 5.56 Å². The van der Waals surface area contributed by atoms with Crippen molar-refractivity contribution in [2.45, 2.75) is 32.5 Å². The van der Waals surface area contributed by atoms with Gasteiger partial charge in [0.25, 0.3) is 0 Å². The predicted molar refractivity (Wildman–Crippen MR) is 194 cm³/mol. The van der Waals surface area contributed by atoms with E-state index in [4.69, 9.17) is 30.4 Å². The van der Waals surface area contributed by atoms with Crippen LogP contribution in [0.2, 0.25) is 0 Å². The predicted octanol–water partition coefficient (Wildman–Crippen LogP) is 3.91. The van der Waals surface area contributed by atoms with Crippen LogP contribution in [0, 0.1) is 0 Å². The largest absolute Gasteiger partial charge is 0.493 e. The lowest BCUT2D eigenvalue weighted by Crippen LogP contribution is -2.46. The van der Waals surface area contributed by atoms with Gasteiger partial charge in [-0.15, -0.1) is 0 Å². The van der Waals surface area contributed by atoms with Crippen molar-refractivity contribution < 1.29 is 18.9 Å². The van der Waals surface area contributed by atoms with Crippen LogP contribution in [-0.4, -0.2) is 120 Å². The number of rotatable bonds is 16. The van der Waals surface area contributed by atoms with Gasteiger partial charge in [0, 0.05) is 85.1 Å². The minimum Gasteiger partial charge on any atom is -0.493 e. The van der Waals surface area contributed by atoms with Crippen molar-refractivity contribution in [1.82, 2.24) is 19.6 Å². The van der Waals surface area contributed by atoms with Gasteiger partial charge in [0.1, 0.15) is 0 Å². The lowest BCUT2D eigenvalue weighted by atomic mass is 10.2. The summed E-state index contributed by atoms with van der Waals surface area (Å²) < 4.78 is 22.5. The van der Waals surface area contributed by atoms with Gasteiger partial charge < -0.3 is 45.1 Å². The van der Waals surface area contributed by atoms with Crippen LogP contribution in [-0.2, 0) is 19.6 Å². The van der Waals surface area contributed by atoms with Gasteiger partial charge in [-0.05, 0) is 60.8 Å². The summed E-state index contributed by atoms with van der Waals surface area (Å²) in [4.78, 5) is 9.93. The summed E-state index contributed by atoms with van der Waals surface area (Å²) >= 11 is 0. The standard InChI is InChI=1S/C22H31N3O2.C16H27N3O2/c1-26-21-9-8-20(17-23)16-22(21)27-15-5-10-24-11-13-25(14-12-24)18-19-6-3-2-4-7-19;1-18-7-9-19(10-8-18)6-3-11-21-16-12-14(13-17)4-5-15(16)20-2/h2-4,6-9,16H,5,10-15,17-18,23H2,1H3;4-5,12H,3,6-11,13,17H2,1-2H3. The zero-order valence-electron chi connectivity index (χ0n) is 29.4. The number of piperazine rings is 2. The molecule has 0 aromatic heterocycles. The molecule has 0 bridgehead atoms. The third-order valence-electron chi connectivity index (χ3n) is 8.99. The molecule has 264 valence electrons. The van der Waals surface area contributed by atoms with E-state index in [2.05, 4.69) is 57.0 Å². The van der Waals surface area contributed by atoms with Gasteiger partial charge in [-0.25, -0.2) is 0 Å². The first kappa shape index (κ1) is 37.4. The first-order valence-electron chi connectivity index (χ1n) is 17.4. The molecule has 0 unspecified atom stereocenters. The third kappa shape index (κ3) is 12.6. The minimum absolute atomic E-state index is 0.508. The maximum Gasteiger partial charge on any atom is 0.161 e. The van der Waals surface area contributed by atoms with E-state index in [0.717, 1.165) is 119 Å². The minimum atomic E-state index is 0.508. The summed E-state index contributed by atoms with van der Waals surface area (Å²) in [6.07, 6.45) is 2.04. The highest BCUT2D eigenvalue weighted by Gasteiger charge is 2.17. The molecule has 10 nitrogen and oxygen atoms in total. The Bertz CT molecular complexity index is 1310. The van der Waals surface area contributed by atoms with Crippen LogP contribution >= 0.6 is 0 Å². The van der Waals surface area contributed by atoms with Crippen molar-refractivity contribution in [2.24, 2.45) is 11.5 Å². The van der Waals surface area contributed by atoms with Gasteiger partial charge in [-0.2, -0.15) is 0 Å². The molecule has 10 heteroatoms. The molecule has 2 heterocycles. The first-order chi connectivity index (χ1) is 23.5. The van der Waals surface area contributed by atoms with Crippen LogP contribution in [0.15, 0.2) is 66.7 Å². The molecule has 0 saturated carbocycles. The molecule has 5 rings (SSSR count). The number of nitrogens with zero attached hydrogens (tertiary/aromatic N) is 4. The summed E-state index contributed by atoms with van der Waals surface area (Å²) in [6.45, 7) is 14.8. The number of likely N-dealkylation sites (N-methyl/N-ethyl adjacent to an activating group) is 1. The molecule has 2 fully saturated rings. The van der Waals surface area contributed by atoms with E-state index in [-0.39, 0.29) is 0 Å². The van der Waals surface area contributed by atoms with E-state index < -0.39 is 0 Å². The Hall–Kier alpha value is -3.38. The molecular weight excluding hydrogens is 604 g/mol. The summed E-state index contributed by atoms with van der Waals surface area (Å²) in [5, 5.41) is 0. The monoisotopic (exact) mass is 662 g/mol. The van der Waals surface area contributed by atoms with E-state index in [1.807, 2.05) is 36.4 Å². The second-order valence-electron chi connectivity index (χ2n) is 12.5. The van der Waals surface area contributed by atoms with Crippen molar-refractivity contribution in [3.63, 3.8) is 0 Å². The van der Waals surface area contributed by atoms with Gasteiger partial charge in [-0.1, -0.05) is 42.5 Å². The average Bonchev–Trinajstić information content (AvgIpc) is 3.13. The molecule has 2 aliphatic heterocycles. The van der Waals surface area contributed by atoms with Crippen LogP contribution in [0.3, 0.4) is 0 Å². The fourth-order valence-corrected chi connectivity index (χ4v) is 5.95. The number of benzene rings is 3. The highest BCUT2D eigenvalue weighted by molar-refractivity contribution is 5.43. The summed E-state index contributed by atoms with van der Waals surface area (Å²) in [6, 6.07) is 22.4. The normalized spacial score (nSPS) is 16.2. The molecule has 0 spiro atoms. The van der Waals surface area contributed by atoms with Gasteiger partial charge in [0.05, 0.1) is 27.4 Å². The quantitative estimate of drug-likeness (QED) is 0.220. The second-order valence-corrected chi connectivity index (χ2v) is 12.5. The Balaban J connectivity index is 0.000000224. The molecule has 0 aliphatic carbocycles. The van der Waals surface area contributed by atoms with Gasteiger partial charge in [-0.3, -0.25) is 4.90 Å². The Morgan fingerprint density at radius 2 is 1.00 bits per heavy atom. The third-order valence-corrected chi connectivity index (χ3v) is 8.99. The van der Waals surface area contributed by atoms with Crippen molar-refractivity contribution in [2.75, 3.05) is 99.9 Å². The van der Waals surface area contributed by atoms with Crippen molar-refractivity contribution in [1.29, 1.82) is 0 Å². The summed E-state index contributed by atoms with van der Waals surface area (Å²) in [5.74, 6) is 3.11. The van der Waals surface area contributed by atoms with Crippen molar-refractivity contribution in [3.8, 4) is 23.0 Å². The Kier molecular flexibility index (Phi) is 16.3. The molecule has 0 atom stereocenters. The molecule has 0 radical (unpaired) electrons. The maximum atomic E-state index is 5.94. The zero-order valence-corrected chi connectivity index (χ0v) is 29.4. The number of hydrogen-bond acceptors (Lipinski definition) is 10. The van der Waals surface area contributed by atoms with Crippen LogP contribution in [0.4, 0.5) is 0 Å². The van der Waals surface area contributed by atoms with Crippen LogP contribution in [0.1, 0.15) is 29.5 Å². The highest BCUT2D eigenvalue weighted by atomic mass is 16.5. The molecule has 48 heavy (non-hydrogen) atoms. The average molecular weight is 663 g/mol. The number of hydrogen-bond donors (Lipinski definition) is 2. The zero-order chi connectivity index (χ0) is 34.0. The smallest absolute Gasteiger partial charge is 0.161 e. The highest BCUT2D eigenvalue weighted by Crippen LogP contribution is 2.29. The van der Waals surface area contributed by atoms with Crippen LogP contribution in [0.25, 0.3) is 0 Å². The molecule has 3 aromatic carbocycles.